The Bertz CT molecular complexity index is 1190. The van der Waals surface area contributed by atoms with Crippen molar-refractivity contribution < 1.29 is 26.0 Å². The number of halogens is 4. The van der Waals surface area contributed by atoms with Crippen molar-refractivity contribution in [3.8, 4) is 22.4 Å². The molecule has 3 aromatic rings. The van der Waals surface area contributed by atoms with Gasteiger partial charge in [0.15, 0.2) is 14.9 Å². The number of anilines is 1. The van der Waals surface area contributed by atoms with Crippen molar-refractivity contribution in [1.82, 2.24) is 15.0 Å². The summed E-state index contributed by atoms with van der Waals surface area (Å²) in [5, 5.41) is -1.78. The van der Waals surface area contributed by atoms with E-state index in [1.54, 1.807) is 0 Å². The van der Waals surface area contributed by atoms with E-state index < -0.39 is 37.8 Å². The molecule has 30 heavy (non-hydrogen) atoms. The van der Waals surface area contributed by atoms with Gasteiger partial charge in [0.05, 0.1) is 23.3 Å². The van der Waals surface area contributed by atoms with Crippen LogP contribution in [0, 0.1) is 5.82 Å². The first-order valence-corrected chi connectivity index (χ1v) is 10.2. The van der Waals surface area contributed by atoms with E-state index in [-0.39, 0.29) is 28.2 Å². The van der Waals surface area contributed by atoms with Gasteiger partial charge in [-0.3, -0.25) is 4.98 Å². The molecule has 0 aliphatic carbocycles. The molecule has 0 amide bonds. The van der Waals surface area contributed by atoms with Gasteiger partial charge in [0, 0.05) is 11.1 Å². The summed E-state index contributed by atoms with van der Waals surface area (Å²) in [6, 6.07) is 5.35. The van der Waals surface area contributed by atoms with E-state index in [0.29, 0.717) is 6.07 Å². The van der Waals surface area contributed by atoms with E-state index in [1.807, 2.05) is 0 Å². The number of benzene rings is 1. The molecule has 0 aliphatic heterocycles. The van der Waals surface area contributed by atoms with E-state index in [0.717, 1.165) is 12.1 Å². The van der Waals surface area contributed by atoms with E-state index >= 15 is 0 Å². The molecule has 0 radical (unpaired) electrons. The molecule has 0 saturated heterocycles. The Kier molecular flexibility index (Phi) is 5.50. The molecular formula is C19H16F4N4O2S. The van der Waals surface area contributed by atoms with Gasteiger partial charge in [-0.05, 0) is 43.7 Å². The van der Waals surface area contributed by atoms with Crippen molar-refractivity contribution >= 4 is 15.7 Å². The fourth-order valence-electron chi connectivity index (χ4n) is 2.63. The average Bonchev–Trinajstić information content (AvgIpc) is 2.67. The summed E-state index contributed by atoms with van der Waals surface area (Å²) in [5.74, 6) is -0.616. The van der Waals surface area contributed by atoms with Gasteiger partial charge in [-0.2, -0.15) is 13.2 Å². The highest BCUT2D eigenvalue weighted by molar-refractivity contribution is 7.92. The van der Waals surface area contributed by atoms with Gasteiger partial charge < -0.3 is 5.73 Å². The molecule has 0 atom stereocenters. The quantitative estimate of drug-likeness (QED) is 0.613. The number of hydrogen-bond acceptors (Lipinski definition) is 6. The van der Waals surface area contributed by atoms with Gasteiger partial charge in [0.1, 0.15) is 17.3 Å². The molecule has 158 valence electrons. The summed E-state index contributed by atoms with van der Waals surface area (Å²) in [6.45, 7) is 2.65. The molecule has 0 fully saturated rings. The molecule has 0 saturated carbocycles. The van der Waals surface area contributed by atoms with Crippen LogP contribution in [0.5, 0.6) is 0 Å². The Morgan fingerprint density at radius 2 is 1.67 bits per heavy atom. The van der Waals surface area contributed by atoms with Crippen LogP contribution in [0.15, 0.2) is 47.8 Å². The van der Waals surface area contributed by atoms with Gasteiger partial charge in [-0.15, -0.1) is 0 Å². The van der Waals surface area contributed by atoms with Crippen LogP contribution < -0.4 is 5.73 Å². The highest BCUT2D eigenvalue weighted by atomic mass is 32.2. The lowest BCUT2D eigenvalue weighted by Crippen LogP contribution is -2.19. The van der Waals surface area contributed by atoms with Crippen molar-refractivity contribution in [3.05, 3.63) is 54.2 Å². The van der Waals surface area contributed by atoms with E-state index in [1.165, 1.54) is 38.4 Å². The van der Waals surface area contributed by atoms with Gasteiger partial charge >= 0.3 is 6.18 Å². The molecule has 1 aromatic carbocycles. The predicted molar refractivity (Wildman–Crippen MR) is 102 cm³/mol. The fourth-order valence-corrected chi connectivity index (χ4v) is 3.79. The Morgan fingerprint density at radius 3 is 2.20 bits per heavy atom. The standard InChI is InChI=1S/C19H16F4N4O2S/c1-10(2)30(28,29)18-12(5-6-16(27-18)19(21,22)23)11-3-4-13(14(20)7-11)15-8-26-17(24)9-25-15/h3-10H,1-2H3,(H2,24,26). The Hall–Kier alpha value is -3.08. The van der Waals surface area contributed by atoms with Crippen LogP contribution in [0.25, 0.3) is 22.4 Å². The lowest BCUT2D eigenvalue weighted by Gasteiger charge is -2.15. The lowest BCUT2D eigenvalue weighted by molar-refractivity contribution is -0.141. The first-order chi connectivity index (χ1) is 13.9. The monoisotopic (exact) mass is 440 g/mol. The molecule has 0 aliphatic rings. The Morgan fingerprint density at radius 1 is 1.00 bits per heavy atom. The van der Waals surface area contributed by atoms with E-state index in [2.05, 4.69) is 15.0 Å². The maximum Gasteiger partial charge on any atom is 0.433 e. The molecule has 0 bridgehead atoms. The normalized spacial score (nSPS) is 12.4. The summed E-state index contributed by atoms with van der Waals surface area (Å²) in [7, 11) is -4.19. The number of pyridine rings is 1. The summed E-state index contributed by atoms with van der Waals surface area (Å²) in [6.07, 6.45) is -2.32. The average molecular weight is 440 g/mol. The molecule has 2 aromatic heterocycles. The summed E-state index contributed by atoms with van der Waals surface area (Å²) >= 11 is 0. The summed E-state index contributed by atoms with van der Waals surface area (Å²) in [4.78, 5) is 11.2. The topological polar surface area (TPSA) is 98.8 Å². The van der Waals surface area contributed by atoms with E-state index in [9.17, 15) is 26.0 Å². The van der Waals surface area contributed by atoms with Crippen LogP contribution in [0.2, 0.25) is 0 Å². The molecule has 0 spiro atoms. The minimum atomic E-state index is -4.83. The maximum atomic E-state index is 14.7. The predicted octanol–water partition coefficient (Wildman–Crippen LogP) is 4.13. The number of sulfone groups is 1. The van der Waals surface area contributed by atoms with Crippen LogP contribution >= 0.6 is 0 Å². The number of hydrogen-bond donors (Lipinski definition) is 1. The minimum Gasteiger partial charge on any atom is -0.382 e. The smallest absolute Gasteiger partial charge is 0.382 e. The Labute approximate surface area is 169 Å². The molecular weight excluding hydrogens is 424 g/mol. The second-order valence-electron chi connectivity index (χ2n) is 6.66. The van der Waals surface area contributed by atoms with Crippen LogP contribution in [0.4, 0.5) is 23.4 Å². The third-order valence-electron chi connectivity index (χ3n) is 4.27. The molecule has 11 heteroatoms. The third-order valence-corrected chi connectivity index (χ3v) is 6.36. The number of alkyl halides is 3. The van der Waals surface area contributed by atoms with Crippen LogP contribution in [0.3, 0.4) is 0 Å². The highest BCUT2D eigenvalue weighted by Crippen LogP contribution is 2.35. The molecule has 2 heterocycles. The summed E-state index contributed by atoms with van der Waals surface area (Å²) < 4.78 is 79.3. The number of aromatic nitrogens is 3. The van der Waals surface area contributed by atoms with Crippen molar-refractivity contribution in [1.29, 1.82) is 0 Å². The van der Waals surface area contributed by atoms with Gasteiger partial charge in [-0.25, -0.2) is 22.8 Å². The van der Waals surface area contributed by atoms with Crippen LogP contribution in [-0.2, 0) is 16.0 Å². The summed E-state index contributed by atoms with van der Waals surface area (Å²) in [5.41, 5.74) is 4.29. The van der Waals surface area contributed by atoms with Crippen molar-refractivity contribution in [2.24, 2.45) is 0 Å². The zero-order valence-corrected chi connectivity index (χ0v) is 16.6. The highest BCUT2D eigenvalue weighted by Gasteiger charge is 2.35. The first-order valence-electron chi connectivity index (χ1n) is 8.61. The zero-order chi connectivity index (χ0) is 22.3. The maximum absolute atomic E-state index is 14.7. The molecule has 2 N–H and O–H groups in total. The van der Waals surface area contributed by atoms with Crippen molar-refractivity contribution in [2.45, 2.75) is 30.3 Å². The minimum absolute atomic E-state index is 0.0557. The lowest BCUT2D eigenvalue weighted by atomic mass is 10.0. The Balaban J connectivity index is 2.18. The number of nitrogens with two attached hydrogens (primary N) is 1. The fraction of sp³-hybridized carbons (Fsp3) is 0.211. The first kappa shape index (κ1) is 21.6. The van der Waals surface area contributed by atoms with Gasteiger partial charge in [-0.1, -0.05) is 6.07 Å². The van der Waals surface area contributed by atoms with Crippen LogP contribution in [0.1, 0.15) is 19.5 Å². The van der Waals surface area contributed by atoms with E-state index in [4.69, 9.17) is 5.73 Å². The van der Waals surface area contributed by atoms with Crippen LogP contribution in [-0.4, -0.2) is 28.6 Å². The zero-order valence-electron chi connectivity index (χ0n) is 15.8. The molecule has 3 rings (SSSR count). The number of nitrogens with zero attached hydrogens (tertiary/aromatic N) is 3. The number of nitrogen functional groups attached to an aromatic ring is 1. The second kappa shape index (κ2) is 7.63. The second-order valence-corrected chi connectivity index (χ2v) is 9.08. The SMILES string of the molecule is CC(C)S(=O)(=O)c1nc(C(F)(F)F)ccc1-c1ccc(-c2cnc(N)cn2)c(F)c1. The molecule has 0 unspecified atom stereocenters. The van der Waals surface area contributed by atoms with Gasteiger partial charge in [0.2, 0.25) is 0 Å². The molecule has 6 nitrogen and oxygen atoms in total. The van der Waals surface area contributed by atoms with Gasteiger partial charge in [0.25, 0.3) is 0 Å². The third kappa shape index (κ3) is 4.11. The largest absolute Gasteiger partial charge is 0.433 e. The number of rotatable bonds is 4. The van der Waals surface area contributed by atoms with Crippen molar-refractivity contribution in [3.63, 3.8) is 0 Å². The van der Waals surface area contributed by atoms with Crippen molar-refractivity contribution in [2.75, 3.05) is 5.73 Å².